The number of halogens is 3. The number of alkyl halides is 2. The molecule has 0 radical (unpaired) electrons. The Bertz CT molecular complexity index is 441. The topological polar surface area (TPSA) is 54.4 Å². The zero-order valence-corrected chi connectivity index (χ0v) is 7.43. The number of rotatable bonds is 2. The highest BCUT2D eigenvalue weighted by Gasteiger charge is 2.47. The number of hydrogen-bond donors (Lipinski definition) is 1. The van der Waals surface area contributed by atoms with Gasteiger partial charge in [-0.2, -0.15) is 17.2 Å². The summed E-state index contributed by atoms with van der Waals surface area (Å²) in [6.07, 6.45) is 0. The molecular formula is C7H5F3O3S. The Morgan fingerprint density at radius 3 is 2.14 bits per heavy atom. The molecule has 1 aromatic rings. The average Bonchev–Trinajstić information content (AvgIpc) is 2.02. The lowest BCUT2D eigenvalue weighted by Gasteiger charge is -2.13. The van der Waals surface area contributed by atoms with Gasteiger partial charge in [-0.25, -0.2) is 4.39 Å². The fourth-order valence-electron chi connectivity index (χ4n) is 0.836. The molecule has 7 heteroatoms. The third-order valence-corrected chi connectivity index (χ3v) is 2.38. The summed E-state index contributed by atoms with van der Waals surface area (Å²) in [6.45, 7) is 0. The molecule has 1 aromatic carbocycles. The average molecular weight is 226 g/mol. The number of benzene rings is 1. The van der Waals surface area contributed by atoms with Crippen molar-refractivity contribution >= 4 is 10.1 Å². The van der Waals surface area contributed by atoms with E-state index in [4.69, 9.17) is 4.55 Å². The summed E-state index contributed by atoms with van der Waals surface area (Å²) >= 11 is 0. The van der Waals surface area contributed by atoms with E-state index in [1.54, 1.807) is 0 Å². The minimum Gasteiger partial charge on any atom is -0.281 e. The van der Waals surface area contributed by atoms with E-state index in [9.17, 15) is 21.6 Å². The summed E-state index contributed by atoms with van der Waals surface area (Å²) in [5, 5.41) is -4.63. The lowest BCUT2D eigenvalue weighted by atomic mass is 10.2. The molecule has 0 amide bonds. The first-order valence-electron chi connectivity index (χ1n) is 3.36. The van der Waals surface area contributed by atoms with Crippen LogP contribution in [0.5, 0.6) is 0 Å². The van der Waals surface area contributed by atoms with Crippen molar-refractivity contribution < 1.29 is 26.1 Å². The lowest BCUT2D eigenvalue weighted by molar-refractivity contribution is 0.0749. The van der Waals surface area contributed by atoms with Crippen LogP contribution in [0.25, 0.3) is 0 Å². The van der Waals surface area contributed by atoms with Crippen molar-refractivity contribution in [2.24, 2.45) is 0 Å². The van der Waals surface area contributed by atoms with Gasteiger partial charge < -0.3 is 0 Å². The molecule has 0 atom stereocenters. The van der Waals surface area contributed by atoms with E-state index in [2.05, 4.69) is 0 Å². The van der Waals surface area contributed by atoms with Gasteiger partial charge >= 0.3 is 15.4 Å². The van der Waals surface area contributed by atoms with Crippen LogP contribution in [0, 0.1) is 5.82 Å². The summed E-state index contributed by atoms with van der Waals surface area (Å²) in [6, 6.07) is 3.42. The SMILES string of the molecule is O=S(=O)(O)C(F)(F)c1ccccc1F. The summed E-state index contributed by atoms with van der Waals surface area (Å²) in [7, 11) is -5.65. The maximum absolute atomic E-state index is 12.8. The Morgan fingerprint density at radius 1 is 1.21 bits per heavy atom. The zero-order chi connectivity index (χ0) is 11.0. The Hall–Kier alpha value is -1.08. The first kappa shape index (κ1) is 11.0. The molecule has 0 aliphatic heterocycles. The largest absolute Gasteiger partial charge is 0.397 e. The molecule has 0 heterocycles. The Kier molecular flexibility index (Phi) is 2.55. The van der Waals surface area contributed by atoms with E-state index < -0.39 is 26.8 Å². The maximum atomic E-state index is 12.8. The van der Waals surface area contributed by atoms with Gasteiger partial charge in [-0.15, -0.1) is 0 Å². The van der Waals surface area contributed by atoms with Crippen molar-refractivity contribution in [1.82, 2.24) is 0 Å². The molecule has 0 bridgehead atoms. The molecule has 0 fully saturated rings. The van der Waals surface area contributed by atoms with Crippen LogP contribution in [0.4, 0.5) is 13.2 Å². The first-order chi connectivity index (χ1) is 6.27. The molecule has 3 nitrogen and oxygen atoms in total. The molecule has 14 heavy (non-hydrogen) atoms. The molecule has 78 valence electrons. The first-order valence-corrected chi connectivity index (χ1v) is 4.80. The van der Waals surface area contributed by atoms with Crippen LogP contribution in [0.1, 0.15) is 5.56 Å². The third-order valence-electron chi connectivity index (χ3n) is 1.51. The van der Waals surface area contributed by atoms with Gasteiger partial charge in [0.05, 0.1) is 5.56 Å². The van der Waals surface area contributed by atoms with Crippen molar-refractivity contribution in [2.75, 3.05) is 0 Å². The van der Waals surface area contributed by atoms with Crippen molar-refractivity contribution in [2.45, 2.75) is 5.25 Å². The molecule has 0 spiro atoms. The van der Waals surface area contributed by atoms with E-state index in [0.29, 0.717) is 12.1 Å². The van der Waals surface area contributed by atoms with Gasteiger partial charge in [0.2, 0.25) is 0 Å². The molecular weight excluding hydrogens is 221 g/mol. The van der Waals surface area contributed by atoms with Crippen LogP contribution >= 0.6 is 0 Å². The van der Waals surface area contributed by atoms with Crippen LogP contribution in [-0.2, 0) is 15.4 Å². The zero-order valence-electron chi connectivity index (χ0n) is 6.62. The third kappa shape index (κ3) is 1.73. The highest BCUT2D eigenvalue weighted by Crippen LogP contribution is 2.34. The maximum Gasteiger partial charge on any atom is 0.397 e. The van der Waals surface area contributed by atoms with E-state index in [1.165, 1.54) is 0 Å². The molecule has 0 aliphatic carbocycles. The van der Waals surface area contributed by atoms with Crippen molar-refractivity contribution in [1.29, 1.82) is 0 Å². The lowest BCUT2D eigenvalue weighted by Crippen LogP contribution is -2.26. The quantitative estimate of drug-likeness (QED) is 0.782. The Labute approximate surface area is 77.9 Å². The molecule has 1 N–H and O–H groups in total. The normalized spacial score (nSPS) is 12.9. The van der Waals surface area contributed by atoms with Gasteiger partial charge in [-0.3, -0.25) is 4.55 Å². The van der Waals surface area contributed by atoms with Gasteiger partial charge in [0.15, 0.2) is 0 Å². The molecule has 0 aromatic heterocycles. The van der Waals surface area contributed by atoms with Gasteiger partial charge in [0.1, 0.15) is 5.82 Å². The highest BCUT2D eigenvalue weighted by molar-refractivity contribution is 7.86. The second-order valence-electron chi connectivity index (χ2n) is 2.47. The van der Waals surface area contributed by atoms with Crippen molar-refractivity contribution in [3.8, 4) is 0 Å². The van der Waals surface area contributed by atoms with E-state index in [0.717, 1.165) is 12.1 Å². The summed E-state index contributed by atoms with van der Waals surface area (Å²) in [5.74, 6) is -1.39. The second kappa shape index (κ2) is 3.25. The van der Waals surface area contributed by atoms with Gasteiger partial charge in [-0.05, 0) is 12.1 Å². The predicted octanol–water partition coefficient (Wildman–Crippen LogP) is 1.76. The summed E-state index contributed by atoms with van der Waals surface area (Å²) in [4.78, 5) is 0. The standard InChI is InChI=1S/C7H5F3O3S/c8-6-4-2-1-3-5(6)7(9,10)14(11,12)13/h1-4H,(H,11,12,13). The smallest absolute Gasteiger partial charge is 0.281 e. The van der Waals surface area contributed by atoms with E-state index in [-0.39, 0.29) is 0 Å². The Balaban J connectivity index is 3.38. The molecule has 0 saturated heterocycles. The number of hydrogen-bond acceptors (Lipinski definition) is 2. The second-order valence-corrected chi connectivity index (χ2v) is 3.93. The summed E-state index contributed by atoms with van der Waals surface area (Å²) in [5.41, 5.74) is -1.37. The van der Waals surface area contributed by atoms with Crippen LogP contribution in [0.15, 0.2) is 24.3 Å². The van der Waals surface area contributed by atoms with Crippen LogP contribution in [0.2, 0.25) is 0 Å². The Morgan fingerprint density at radius 2 is 1.71 bits per heavy atom. The predicted molar refractivity (Wildman–Crippen MR) is 41.8 cm³/mol. The minimum absolute atomic E-state index is 0.586. The summed E-state index contributed by atoms with van der Waals surface area (Å²) < 4.78 is 67.1. The molecule has 0 saturated carbocycles. The van der Waals surface area contributed by atoms with Crippen LogP contribution in [0.3, 0.4) is 0 Å². The van der Waals surface area contributed by atoms with Gasteiger partial charge in [0.25, 0.3) is 0 Å². The van der Waals surface area contributed by atoms with E-state index in [1.807, 2.05) is 0 Å². The fourth-order valence-corrected chi connectivity index (χ4v) is 1.28. The minimum atomic E-state index is -5.65. The molecule has 0 unspecified atom stereocenters. The fraction of sp³-hybridized carbons (Fsp3) is 0.143. The van der Waals surface area contributed by atoms with Crippen LogP contribution < -0.4 is 0 Å². The molecule has 1 rings (SSSR count). The van der Waals surface area contributed by atoms with Gasteiger partial charge in [0, 0.05) is 0 Å². The van der Waals surface area contributed by atoms with Crippen LogP contribution in [-0.4, -0.2) is 13.0 Å². The van der Waals surface area contributed by atoms with Crippen molar-refractivity contribution in [3.05, 3.63) is 35.6 Å². The van der Waals surface area contributed by atoms with Gasteiger partial charge in [-0.1, -0.05) is 12.1 Å². The highest BCUT2D eigenvalue weighted by atomic mass is 32.2. The van der Waals surface area contributed by atoms with Crippen molar-refractivity contribution in [3.63, 3.8) is 0 Å². The molecule has 0 aliphatic rings. The monoisotopic (exact) mass is 226 g/mol. The van der Waals surface area contributed by atoms with E-state index >= 15 is 0 Å².